The zero-order valence-electron chi connectivity index (χ0n) is 16.6. The number of thiazole rings is 1. The largest absolute Gasteiger partial charge is 0.438 e. The predicted molar refractivity (Wildman–Crippen MR) is 127 cm³/mol. The fraction of sp³-hybridized carbons (Fsp3) is 0.0833. The molecule has 150 valence electrons. The second-order valence-corrected chi connectivity index (χ2v) is 9.17. The van der Waals surface area contributed by atoms with Gasteiger partial charge < -0.3 is 4.42 Å². The van der Waals surface area contributed by atoms with Crippen LogP contribution in [0.5, 0.6) is 0 Å². The van der Waals surface area contributed by atoms with E-state index in [1.165, 1.54) is 16.7 Å². The molecule has 0 unspecified atom stereocenters. The van der Waals surface area contributed by atoms with Crippen LogP contribution in [0, 0.1) is 0 Å². The minimum atomic E-state index is 0.501. The van der Waals surface area contributed by atoms with Crippen molar-refractivity contribution in [3.05, 3.63) is 77.3 Å². The molecule has 0 fully saturated rings. The van der Waals surface area contributed by atoms with Gasteiger partial charge in [0.25, 0.3) is 0 Å². The molecule has 0 N–H and O–H groups in total. The molecule has 6 aromatic rings. The molecular formula is C24H16N4OS2. The first-order valence-corrected chi connectivity index (χ1v) is 11.6. The van der Waals surface area contributed by atoms with Gasteiger partial charge in [0.15, 0.2) is 0 Å². The van der Waals surface area contributed by atoms with Crippen molar-refractivity contribution in [3.63, 3.8) is 0 Å². The highest BCUT2D eigenvalue weighted by atomic mass is 32.1. The number of aromatic nitrogens is 3. The number of hydrogen-bond acceptors (Lipinski definition) is 7. The number of benzene rings is 3. The van der Waals surface area contributed by atoms with E-state index in [-0.39, 0.29) is 0 Å². The fourth-order valence-electron chi connectivity index (χ4n) is 3.62. The van der Waals surface area contributed by atoms with Crippen LogP contribution < -0.4 is 5.55 Å². The number of fused-ring (bicyclic) bond motifs is 4. The monoisotopic (exact) mass is 440 g/mol. The van der Waals surface area contributed by atoms with Crippen LogP contribution in [0.1, 0.15) is 11.9 Å². The predicted octanol–water partition coefficient (Wildman–Crippen LogP) is 6.51. The minimum absolute atomic E-state index is 0.501. The second kappa shape index (κ2) is 7.37. The van der Waals surface area contributed by atoms with Crippen LogP contribution in [-0.4, -0.2) is 15.2 Å². The summed E-state index contributed by atoms with van der Waals surface area (Å²) in [6, 6.07) is 22.7. The van der Waals surface area contributed by atoms with Gasteiger partial charge in [0.2, 0.25) is 10.7 Å². The third kappa shape index (κ3) is 3.22. The van der Waals surface area contributed by atoms with Crippen molar-refractivity contribution in [1.82, 2.24) is 15.2 Å². The normalized spacial score (nSPS) is 12.4. The van der Waals surface area contributed by atoms with E-state index in [0.29, 0.717) is 10.7 Å². The van der Waals surface area contributed by atoms with Gasteiger partial charge in [-0.2, -0.15) is 4.99 Å². The van der Waals surface area contributed by atoms with Crippen LogP contribution in [0.3, 0.4) is 0 Å². The molecular weight excluding hydrogens is 424 g/mol. The van der Waals surface area contributed by atoms with Gasteiger partial charge in [-0.1, -0.05) is 60.7 Å². The van der Waals surface area contributed by atoms with Gasteiger partial charge in [-0.05, 0) is 41.5 Å². The Hall–Kier alpha value is -3.42. The van der Waals surface area contributed by atoms with Crippen molar-refractivity contribution in [3.8, 4) is 10.6 Å². The van der Waals surface area contributed by atoms with E-state index < -0.39 is 0 Å². The van der Waals surface area contributed by atoms with E-state index in [1.54, 1.807) is 11.3 Å². The third-order valence-electron chi connectivity index (χ3n) is 5.14. The van der Waals surface area contributed by atoms with E-state index in [4.69, 9.17) is 14.4 Å². The molecule has 0 aliphatic heterocycles. The molecule has 0 bridgehead atoms. The lowest BCUT2D eigenvalue weighted by Crippen LogP contribution is -2.05. The van der Waals surface area contributed by atoms with Crippen molar-refractivity contribution in [1.29, 1.82) is 0 Å². The van der Waals surface area contributed by atoms with E-state index in [1.807, 2.05) is 36.4 Å². The van der Waals surface area contributed by atoms with E-state index in [2.05, 4.69) is 47.5 Å². The highest BCUT2D eigenvalue weighted by molar-refractivity contribution is 7.21. The van der Waals surface area contributed by atoms with E-state index >= 15 is 0 Å². The summed E-state index contributed by atoms with van der Waals surface area (Å²) < 4.78 is 7.47. The number of nitrogens with zero attached hydrogens (tertiary/aromatic N) is 4. The summed E-state index contributed by atoms with van der Waals surface area (Å²) in [5.41, 5.74) is 3.11. The average molecular weight is 441 g/mol. The number of rotatable bonds is 3. The lowest BCUT2D eigenvalue weighted by molar-refractivity contribution is 0.547. The maximum Gasteiger partial charge on any atom is 0.234 e. The lowest BCUT2D eigenvalue weighted by atomic mass is 10.0. The van der Waals surface area contributed by atoms with Gasteiger partial charge in [0, 0.05) is 5.39 Å². The van der Waals surface area contributed by atoms with Crippen molar-refractivity contribution < 1.29 is 4.42 Å². The Morgan fingerprint density at radius 1 is 0.903 bits per heavy atom. The molecule has 0 aliphatic carbocycles. The molecule has 0 atom stereocenters. The maximum absolute atomic E-state index is 6.34. The highest BCUT2D eigenvalue weighted by Gasteiger charge is 2.14. The van der Waals surface area contributed by atoms with Gasteiger partial charge in [-0.25, -0.2) is 4.98 Å². The molecule has 7 heteroatoms. The minimum Gasteiger partial charge on any atom is -0.438 e. The standard InChI is InChI=1S/C24H16N4OS2/c1-2-21-27-28-24(31-21)26-22-17(23-25-18-9-5-6-10-20(18)30-23)13-16-15-8-4-3-7-14(15)11-12-19(16)29-22/h3-13H,2H2,1H3. The van der Waals surface area contributed by atoms with Crippen molar-refractivity contribution in [2.24, 2.45) is 4.99 Å². The fourth-order valence-corrected chi connectivity index (χ4v) is 5.24. The molecule has 0 spiro atoms. The molecule has 3 heterocycles. The Bertz CT molecular complexity index is 1610. The summed E-state index contributed by atoms with van der Waals surface area (Å²) in [5, 5.41) is 14.2. The molecule has 5 nitrogen and oxygen atoms in total. The Labute approximate surface area is 185 Å². The topological polar surface area (TPSA) is 64.2 Å². The van der Waals surface area contributed by atoms with E-state index in [0.717, 1.165) is 48.6 Å². The summed E-state index contributed by atoms with van der Waals surface area (Å²) >= 11 is 3.11. The van der Waals surface area contributed by atoms with Gasteiger partial charge in [-0.3, -0.25) is 0 Å². The second-order valence-electron chi connectivity index (χ2n) is 7.09. The smallest absolute Gasteiger partial charge is 0.234 e. The summed E-state index contributed by atoms with van der Waals surface area (Å²) in [6.45, 7) is 2.06. The first kappa shape index (κ1) is 18.4. The number of hydrogen-bond donors (Lipinski definition) is 0. The van der Waals surface area contributed by atoms with Crippen LogP contribution in [0.25, 0.3) is 42.5 Å². The molecule has 6 rings (SSSR count). The molecule has 0 saturated heterocycles. The molecule has 0 aliphatic rings. The summed E-state index contributed by atoms with van der Waals surface area (Å²) in [5.74, 6) is 0. The van der Waals surface area contributed by atoms with Gasteiger partial charge in [0.1, 0.15) is 15.6 Å². The van der Waals surface area contributed by atoms with Gasteiger partial charge in [0.05, 0.1) is 15.8 Å². The van der Waals surface area contributed by atoms with Crippen LogP contribution in [-0.2, 0) is 6.42 Å². The van der Waals surface area contributed by atoms with Gasteiger partial charge in [-0.15, -0.1) is 21.5 Å². The summed E-state index contributed by atoms with van der Waals surface area (Å²) in [7, 11) is 0. The summed E-state index contributed by atoms with van der Waals surface area (Å²) in [4.78, 5) is 9.59. The van der Waals surface area contributed by atoms with Crippen molar-refractivity contribution >= 4 is 59.8 Å². The average Bonchev–Trinajstić information content (AvgIpc) is 3.45. The molecule has 0 amide bonds. The molecule has 3 aromatic heterocycles. The Morgan fingerprint density at radius 3 is 2.65 bits per heavy atom. The van der Waals surface area contributed by atoms with Crippen LogP contribution >= 0.6 is 22.7 Å². The van der Waals surface area contributed by atoms with Gasteiger partial charge >= 0.3 is 0 Å². The Balaban J connectivity index is 1.68. The van der Waals surface area contributed by atoms with Crippen LogP contribution in [0.2, 0.25) is 0 Å². The molecule has 3 aromatic carbocycles. The zero-order valence-corrected chi connectivity index (χ0v) is 18.2. The summed E-state index contributed by atoms with van der Waals surface area (Å²) in [6.07, 6.45) is 0.832. The van der Waals surface area contributed by atoms with Crippen LogP contribution in [0.4, 0.5) is 5.13 Å². The van der Waals surface area contributed by atoms with E-state index in [9.17, 15) is 0 Å². The SMILES string of the molecule is CCc1nnc(N=c2oc3ccc4ccccc4c3cc2-c2nc3ccccc3s2)s1. The first-order valence-electron chi connectivity index (χ1n) is 9.97. The highest BCUT2D eigenvalue weighted by Crippen LogP contribution is 2.32. The Morgan fingerprint density at radius 2 is 1.77 bits per heavy atom. The molecule has 31 heavy (non-hydrogen) atoms. The van der Waals surface area contributed by atoms with Crippen LogP contribution in [0.15, 0.2) is 76.1 Å². The zero-order chi connectivity index (χ0) is 20.8. The Kier molecular flexibility index (Phi) is 4.36. The third-order valence-corrected chi connectivity index (χ3v) is 7.17. The first-order chi connectivity index (χ1) is 15.3. The molecule has 0 saturated carbocycles. The van der Waals surface area contributed by atoms with Crippen molar-refractivity contribution in [2.45, 2.75) is 13.3 Å². The van der Waals surface area contributed by atoms with Crippen molar-refractivity contribution in [2.75, 3.05) is 0 Å². The number of aryl methyl sites for hydroxylation is 1. The molecule has 0 radical (unpaired) electrons. The number of para-hydroxylation sites is 1. The maximum atomic E-state index is 6.34. The quantitative estimate of drug-likeness (QED) is 0.294. The lowest BCUT2D eigenvalue weighted by Gasteiger charge is -2.05.